The Balaban J connectivity index is 1.72. The number of rotatable bonds is 10. The molecule has 8 heteroatoms. The van der Waals surface area contributed by atoms with Crippen molar-refractivity contribution >= 4 is 34.5 Å². The zero-order chi connectivity index (χ0) is 24.6. The van der Waals surface area contributed by atoms with Gasteiger partial charge in [0, 0.05) is 15.8 Å². The molecular weight excluding hydrogens is 480 g/mol. The molecule has 1 N–H and O–H groups in total. The summed E-state index contributed by atoms with van der Waals surface area (Å²) in [7, 11) is 3.16. The van der Waals surface area contributed by atoms with Gasteiger partial charge in [0.05, 0.1) is 27.2 Å². The van der Waals surface area contributed by atoms with Gasteiger partial charge in [0.15, 0.2) is 11.5 Å². The molecule has 2 amide bonds. The summed E-state index contributed by atoms with van der Waals surface area (Å²) in [5, 5.41) is 7.22. The normalized spacial score (nSPS) is 14.8. The standard InChI is InChI=1S/C27H32N2O4S2/c1-32-23-13-12-19(16-24(23)33-2)26(27(31)28-20-8-4-3-5-9-20)29(18-22-11-7-15-35-22)25(30)17-21-10-6-14-34-21/h6-7,10-16,20,26H,3-5,8-9,17-18H2,1-2H3,(H,28,31). The summed E-state index contributed by atoms with van der Waals surface area (Å²) < 4.78 is 10.9. The molecule has 0 spiro atoms. The fourth-order valence-electron chi connectivity index (χ4n) is 4.58. The molecule has 186 valence electrons. The van der Waals surface area contributed by atoms with Gasteiger partial charge >= 0.3 is 0 Å². The molecule has 1 aromatic carbocycles. The van der Waals surface area contributed by atoms with Gasteiger partial charge in [-0.15, -0.1) is 22.7 Å². The molecule has 6 nitrogen and oxygen atoms in total. The van der Waals surface area contributed by atoms with Gasteiger partial charge in [-0.1, -0.05) is 37.5 Å². The van der Waals surface area contributed by atoms with Gasteiger partial charge < -0.3 is 19.7 Å². The highest BCUT2D eigenvalue weighted by atomic mass is 32.1. The van der Waals surface area contributed by atoms with E-state index in [1.807, 2.05) is 47.2 Å². The van der Waals surface area contributed by atoms with E-state index in [2.05, 4.69) is 5.32 Å². The van der Waals surface area contributed by atoms with E-state index in [4.69, 9.17) is 9.47 Å². The van der Waals surface area contributed by atoms with E-state index in [1.165, 1.54) is 6.42 Å². The van der Waals surface area contributed by atoms with Crippen LogP contribution in [0.5, 0.6) is 11.5 Å². The predicted octanol–water partition coefficient (Wildman–Crippen LogP) is 5.59. The topological polar surface area (TPSA) is 67.9 Å². The van der Waals surface area contributed by atoms with Gasteiger partial charge in [0.2, 0.25) is 11.8 Å². The molecule has 4 rings (SSSR count). The largest absolute Gasteiger partial charge is 0.493 e. The fourth-order valence-corrected chi connectivity index (χ4v) is 5.98. The van der Waals surface area contributed by atoms with Crippen LogP contribution in [-0.2, 0) is 22.6 Å². The van der Waals surface area contributed by atoms with Crippen molar-refractivity contribution in [3.05, 3.63) is 68.5 Å². The third kappa shape index (κ3) is 6.44. The van der Waals surface area contributed by atoms with E-state index < -0.39 is 6.04 Å². The molecule has 35 heavy (non-hydrogen) atoms. The number of hydrogen-bond acceptors (Lipinski definition) is 6. The third-order valence-corrected chi connectivity index (χ3v) is 8.10. The molecule has 0 radical (unpaired) electrons. The van der Waals surface area contributed by atoms with E-state index >= 15 is 0 Å². The number of amides is 2. The Morgan fingerprint density at radius 1 is 0.971 bits per heavy atom. The molecule has 0 bridgehead atoms. The van der Waals surface area contributed by atoms with Gasteiger partial charge in [-0.25, -0.2) is 0 Å². The maximum absolute atomic E-state index is 13.9. The lowest BCUT2D eigenvalue weighted by atomic mass is 9.94. The zero-order valence-electron chi connectivity index (χ0n) is 20.2. The molecule has 0 saturated heterocycles. The Kier molecular flexibility index (Phi) is 8.82. The first kappa shape index (κ1) is 25.3. The van der Waals surface area contributed by atoms with Gasteiger partial charge in [0.1, 0.15) is 6.04 Å². The molecule has 1 aliphatic carbocycles. The van der Waals surface area contributed by atoms with Crippen LogP contribution in [0.15, 0.2) is 53.2 Å². The smallest absolute Gasteiger partial charge is 0.247 e. The second-order valence-corrected chi connectivity index (χ2v) is 10.8. The van der Waals surface area contributed by atoms with Crippen LogP contribution in [0.1, 0.15) is 53.5 Å². The first-order valence-corrected chi connectivity index (χ1v) is 13.7. The van der Waals surface area contributed by atoms with Crippen LogP contribution in [0.25, 0.3) is 0 Å². The summed E-state index contributed by atoms with van der Waals surface area (Å²) in [6.45, 7) is 0.360. The van der Waals surface area contributed by atoms with Gasteiger partial charge in [-0.05, 0) is 53.4 Å². The lowest BCUT2D eigenvalue weighted by Crippen LogP contribution is -2.47. The summed E-state index contributed by atoms with van der Waals surface area (Å²) in [4.78, 5) is 31.3. The van der Waals surface area contributed by atoms with E-state index in [0.717, 1.165) is 35.4 Å². The van der Waals surface area contributed by atoms with Crippen LogP contribution in [0.3, 0.4) is 0 Å². The van der Waals surface area contributed by atoms with E-state index in [9.17, 15) is 9.59 Å². The number of ether oxygens (including phenoxy) is 2. The van der Waals surface area contributed by atoms with Crippen LogP contribution in [-0.4, -0.2) is 37.0 Å². The average Bonchev–Trinajstić information content (AvgIpc) is 3.58. The molecular formula is C27H32N2O4S2. The van der Waals surface area contributed by atoms with E-state index in [1.54, 1.807) is 47.9 Å². The van der Waals surface area contributed by atoms with Crippen LogP contribution in [0.2, 0.25) is 0 Å². The number of carbonyl (C=O) groups excluding carboxylic acids is 2. The first-order chi connectivity index (χ1) is 17.1. The minimum absolute atomic E-state index is 0.0839. The molecule has 2 aromatic heterocycles. The van der Waals surface area contributed by atoms with Crippen molar-refractivity contribution in [1.29, 1.82) is 0 Å². The van der Waals surface area contributed by atoms with Gasteiger partial charge in [-0.2, -0.15) is 0 Å². The second-order valence-electron chi connectivity index (χ2n) is 8.72. The molecule has 1 aliphatic rings. The van der Waals surface area contributed by atoms with Crippen molar-refractivity contribution in [3.8, 4) is 11.5 Å². The van der Waals surface area contributed by atoms with Crippen LogP contribution in [0.4, 0.5) is 0 Å². The quantitative estimate of drug-likeness (QED) is 0.385. The zero-order valence-corrected chi connectivity index (χ0v) is 21.8. The molecule has 1 unspecified atom stereocenters. The second kappa shape index (κ2) is 12.2. The number of nitrogens with zero attached hydrogens (tertiary/aromatic N) is 1. The number of methoxy groups -OCH3 is 2. The predicted molar refractivity (Wildman–Crippen MR) is 140 cm³/mol. The SMILES string of the molecule is COc1ccc(C(C(=O)NC2CCCCC2)N(Cc2cccs2)C(=O)Cc2cccs2)cc1OC. The Bertz CT molecular complexity index is 1090. The van der Waals surface area contributed by atoms with Crippen LogP contribution >= 0.6 is 22.7 Å². The molecule has 0 aliphatic heterocycles. The van der Waals surface area contributed by atoms with E-state index in [0.29, 0.717) is 23.6 Å². The number of hydrogen-bond donors (Lipinski definition) is 1. The maximum Gasteiger partial charge on any atom is 0.247 e. The lowest BCUT2D eigenvalue weighted by Gasteiger charge is -2.33. The molecule has 1 saturated carbocycles. The molecule has 3 aromatic rings. The number of benzene rings is 1. The molecule has 2 heterocycles. The molecule has 1 atom stereocenters. The summed E-state index contributed by atoms with van der Waals surface area (Å²) in [6.07, 6.45) is 5.63. The highest BCUT2D eigenvalue weighted by Gasteiger charge is 2.34. The van der Waals surface area contributed by atoms with Crippen LogP contribution < -0.4 is 14.8 Å². The Morgan fingerprint density at radius 2 is 1.66 bits per heavy atom. The van der Waals surface area contributed by atoms with Crippen molar-refractivity contribution in [2.24, 2.45) is 0 Å². The first-order valence-electron chi connectivity index (χ1n) is 12.0. The number of nitrogens with one attached hydrogen (secondary N) is 1. The minimum Gasteiger partial charge on any atom is -0.493 e. The van der Waals surface area contributed by atoms with Crippen molar-refractivity contribution in [1.82, 2.24) is 10.2 Å². The molecule has 1 fully saturated rings. The van der Waals surface area contributed by atoms with Gasteiger partial charge in [0.25, 0.3) is 0 Å². The lowest BCUT2D eigenvalue weighted by molar-refractivity contribution is -0.141. The maximum atomic E-state index is 13.9. The number of thiophene rings is 2. The van der Waals surface area contributed by atoms with E-state index in [-0.39, 0.29) is 24.3 Å². The highest BCUT2D eigenvalue weighted by Crippen LogP contribution is 2.34. The Morgan fingerprint density at radius 3 is 2.29 bits per heavy atom. The Hall–Kier alpha value is -2.84. The number of carbonyl (C=O) groups is 2. The van der Waals surface area contributed by atoms with Crippen molar-refractivity contribution in [3.63, 3.8) is 0 Å². The average molecular weight is 513 g/mol. The van der Waals surface area contributed by atoms with Crippen LogP contribution in [0, 0.1) is 0 Å². The minimum atomic E-state index is -0.786. The third-order valence-electron chi connectivity index (χ3n) is 6.37. The summed E-state index contributed by atoms with van der Waals surface area (Å²) >= 11 is 3.13. The van der Waals surface area contributed by atoms with Crippen molar-refractivity contribution < 1.29 is 19.1 Å². The highest BCUT2D eigenvalue weighted by molar-refractivity contribution is 7.10. The Labute approximate surface area is 214 Å². The summed E-state index contributed by atoms with van der Waals surface area (Å²) in [5.41, 5.74) is 0.701. The van der Waals surface area contributed by atoms with Crippen molar-refractivity contribution in [2.75, 3.05) is 14.2 Å². The summed E-state index contributed by atoms with van der Waals surface area (Å²) in [5.74, 6) is 0.874. The summed E-state index contributed by atoms with van der Waals surface area (Å²) in [6, 6.07) is 12.7. The monoisotopic (exact) mass is 512 g/mol. The fraction of sp³-hybridized carbons (Fsp3) is 0.407. The van der Waals surface area contributed by atoms with Crippen molar-refractivity contribution in [2.45, 2.75) is 57.2 Å². The van der Waals surface area contributed by atoms with Gasteiger partial charge in [-0.3, -0.25) is 9.59 Å².